The van der Waals surface area contributed by atoms with Crippen LogP contribution in [0.15, 0.2) is 0 Å². The Morgan fingerprint density at radius 2 is 1.62 bits per heavy atom. The van der Waals surface area contributed by atoms with E-state index in [0.717, 1.165) is 56.9 Å². The van der Waals surface area contributed by atoms with E-state index in [1.165, 1.54) is 25.7 Å². The lowest BCUT2D eigenvalue weighted by Crippen LogP contribution is -2.56. The van der Waals surface area contributed by atoms with Gasteiger partial charge in [0, 0.05) is 32.2 Å². The van der Waals surface area contributed by atoms with Crippen LogP contribution in [0.2, 0.25) is 0 Å². The van der Waals surface area contributed by atoms with Gasteiger partial charge in [0.2, 0.25) is 5.91 Å². The van der Waals surface area contributed by atoms with Gasteiger partial charge < -0.3 is 10.6 Å². The summed E-state index contributed by atoms with van der Waals surface area (Å²) in [6.07, 6.45) is 7.21. The van der Waals surface area contributed by atoms with Gasteiger partial charge in [-0.25, -0.2) is 0 Å². The molecule has 21 heavy (non-hydrogen) atoms. The van der Waals surface area contributed by atoms with Gasteiger partial charge in [0.15, 0.2) is 0 Å². The second-order valence-electron chi connectivity index (χ2n) is 7.80. The number of hydrogen-bond acceptors (Lipinski definition) is 3. The Kier molecular flexibility index (Phi) is 4.28. The molecule has 3 rings (SSSR count). The summed E-state index contributed by atoms with van der Waals surface area (Å²) in [6, 6.07) is 0.755. The number of nitrogens with two attached hydrogens (primary N) is 1. The molecule has 2 N–H and O–H groups in total. The van der Waals surface area contributed by atoms with Gasteiger partial charge in [0.1, 0.15) is 0 Å². The van der Waals surface area contributed by atoms with Crippen LogP contribution in [-0.4, -0.2) is 53.5 Å². The van der Waals surface area contributed by atoms with Crippen molar-refractivity contribution in [3.8, 4) is 0 Å². The zero-order valence-electron chi connectivity index (χ0n) is 13.7. The maximum Gasteiger partial charge on any atom is 0.242 e. The molecule has 4 nitrogen and oxygen atoms in total. The molecule has 0 aromatic carbocycles. The van der Waals surface area contributed by atoms with Gasteiger partial charge in [-0.2, -0.15) is 0 Å². The zero-order valence-corrected chi connectivity index (χ0v) is 13.7. The number of rotatable bonds is 3. The molecule has 0 spiro atoms. The first kappa shape index (κ1) is 15.3. The number of carbonyl (C=O) groups is 1. The maximum atomic E-state index is 12.3. The third kappa shape index (κ3) is 3.26. The minimum atomic E-state index is -0.489. The van der Waals surface area contributed by atoms with Crippen molar-refractivity contribution in [2.45, 2.75) is 64.0 Å². The minimum absolute atomic E-state index is 0.200. The Labute approximate surface area is 129 Å². The molecular formula is C17H31N3O. The van der Waals surface area contributed by atoms with Crippen molar-refractivity contribution in [3.63, 3.8) is 0 Å². The van der Waals surface area contributed by atoms with E-state index in [0.29, 0.717) is 0 Å². The fraction of sp³-hybridized carbons (Fsp3) is 0.941. The molecule has 3 fully saturated rings. The van der Waals surface area contributed by atoms with Gasteiger partial charge in [0.05, 0.1) is 5.54 Å². The van der Waals surface area contributed by atoms with Gasteiger partial charge in [0.25, 0.3) is 0 Å². The molecule has 0 bridgehead atoms. The third-order valence-corrected chi connectivity index (χ3v) is 6.02. The minimum Gasteiger partial charge on any atom is -0.339 e. The van der Waals surface area contributed by atoms with Crippen molar-refractivity contribution in [3.05, 3.63) is 0 Å². The normalized spacial score (nSPS) is 33.2. The first-order chi connectivity index (χ1) is 9.99. The van der Waals surface area contributed by atoms with Crippen LogP contribution in [0.5, 0.6) is 0 Å². The quantitative estimate of drug-likeness (QED) is 0.864. The van der Waals surface area contributed by atoms with Crippen molar-refractivity contribution in [2.24, 2.45) is 17.6 Å². The molecule has 0 unspecified atom stereocenters. The van der Waals surface area contributed by atoms with E-state index in [9.17, 15) is 4.79 Å². The number of piperazine rings is 1. The average molecular weight is 293 g/mol. The van der Waals surface area contributed by atoms with Crippen LogP contribution in [0.4, 0.5) is 0 Å². The molecule has 1 heterocycles. The molecule has 2 saturated carbocycles. The summed E-state index contributed by atoms with van der Waals surface area (Å²) in [5, 5.41) is 0. The number of carbonyl (C=O) groups excluding carboxylic acids is 1. The monoisotopic (exact) mass is 293 g/mol. The topological polar surface area (TPSA) is 49.6 Å². The van der Waals surface area contributed by atoms with E-state index in [1.54, 1.807) is 0 Å². The van der Waals surface area contributed by atoms with E-state index in [-0.39, 0.29) is 5.91 Å². The van der Waals surface area contributed by atoms with Crippen LogP contribution in [0.25, 0.3) is 0 Å². The summed E-state index contributed by atoms with van der Waals surface area (Å²) in [5.41, 5.74) is 5.55. The molecule has 0 aromatic heterocycles. The molecule has 0 atom stereocenters. The average Bonchev–Trinajstić information content (AvgIpc) is 3.26. The molecule has 1 amide bonds. The van der Waals surface area contributed by atoms with E-state index in [2.05, 4.69) is 18.7 Å². The zero-order chi connectivity index (χ0) is 15.0. The summed E-state index contributed by atoms with van der Waals surface area (Å²) < 4.78 is 0. The van der Waals surface area contributed by atoms with Gasteiger partial charge in [-0.15, -0.1) is 0 Å². The lowest BCUT2D eigenvalue weighted by atomic mass is 9.79. The summed E-state index contributed by atoms with van der Waals surface area (Å²) in [5.74, 6) is 1.96. The van der Waals surface area contributed by atoms with Crippen LogP contribution in [-0.2, 0) is 4.79 Å². The molecule has 1 saturated heterocycles. The van der Waals surface area contributed by atoms with Crippen molar-refractivity contribution >= 4 is 5.91 Å². The largest absolute Gasteiger partial charge is 0.339 e. The first-order valence-corrected chi connectivity index (χ1v) is 8.82. The van der Waals surface area contributed by atoms with Gasteiger partial charge in [-0.3, -0.25) is 9.69 Å². The molecule has 0 radical (unpaired) electrons. The summed E-state index contributed by atoms with van der Waals surface area (Å²) >= 11 is 0. The Morgan fingerprint density at radius 1 is 1.05 bits per heavy atom. The van der Waals surface area contributed by atoms with Crippen molar-refractivity contribution in [1.82, 2.24) is 9.80 Å². The van der Waals surface area contributed by atoms with Crippen LogP contribution >= 0.6 is 0 Å². The molecule has 4 heteroatoms. The maximum absolute atomic E-state index is 12.3. The van der Waals surface area contributed by atoms with Crippen LogP contribution in [0, 0.1) is 11.8 Å². The molecular weight excluding hydrogens is 262 g/mol. The number of nitrogens with zero attached hydrogens (tertiary/aromatic N) is 2. The fourth-order valence-electron chi connectivity index (χ4n) is 4.09. The highest BCUT2D eigenvalue weighted by Crippen LogP contribution is 2.35. The lowest BCUT2D eigenvalue weighted by Gasteiger charge is -2.43. The van der Waals surface area contributed by atoms with Crippen molar-refractivity contribution < 1.29 is 4.79 Å². The van der Waals surface area contributed by atoms with E-state index in [1.807, 2.05) is 4.90 Å². The first-order valence-electron chi connectivity index (χ1n) is 8.82. The lowest BCUT2D eigenvalue weighted by molar-refractivity contribution is -0.135. The summed E-state index contributed by atoms with van der Waals surface area (Å²) in [6.45, 7) is 8.55. The number of hydrogen-bond donors (Lipinski definition) is 1. The number of amides is 1. The van der Waals surface area contributed by atoms with E-state index in [4.69, 9.17) is 5.73 Å². The predicted octanol–water partition coefficient (Wildman–Crippen LogP) is 1.84. The molecule has 1 aliphatic heterocycles. The summed E-state index contributed by atoms with van der Waals surface area (Å²) in [4.78, 5) is 16.9. The van der Waals surface area contributed by atoms with Crippen LogP contribution in [0.3, 0.4) is 0 Å². The predicted molar refractivity (Wildman–Crippen MR) is 84.9 cm³/mol. The Morgan fingerprint density at radius 3 is 2.10 bits per heavy atom. The summed E-state index contributed by atoms with van der Waals surface area (Å²) in [7, 11) is 0. The fourth-order valence-corrected chi connectivity index (χ4v) is 4.09. The van der Waals surface area contributed by atoms with E-state index < -0.39 is 5.54 Å². The molecule has 120 valence electrons. The van der Waals surface area contributed by atoms with Crippen molar-refractivity contribution in [1.29, 1.82) is 0 Å². The molecule has 0 aromatic rings. The second kappa shape index (κ2) is 5.88. The van der Waals surface area contributed by atoms with Crippen LogP contribution in [0.1, 0.15) is 52.4 Å². The standard InChI is InChI=1S/C17H31N3O/c1-13(2)14-3-5-15(6-4-14)19-9-11-20(12-10-19)16(21)17(18)7-8-17/h13-15H,3-12,18H2,1-2H3. The second-order valence-corrected chi connectivity index (χ2v) is 7.80. The van der Waals surface area contributed by atoms with E-state index >= 15 is 0 Å². The van der Waals surface area contributed by atoms with Gasteiger partial charge >= 0.3 is 0 Å². The Bertz CT molecular complexity index is 375. The SMILES string of the molecule is CC(C)C1CCC(N2CCN(C(=O)C3(N)CC3)CC2)CC1. The molecule has 3 aliphatic rings. The van der Waals surface area contributed by atoms with Gasteiger partial charge in [-0.1, -0.05) is 13.8 Å². The molecule has 2 aliphatic carbocycles. The highest BCUT2D eigenvalue weighted by Gasteiger charge is 2.48. The smallest absolute Gasteiger partial charge is 0.242 e. The van der Waals surface area contributed by atoms with Crippen LogP contribution < -0.4 is 5.73 Å². The Balaban J connectivity index is 1.45. The third-order valence-electron chi connectivity index (χ3n) is 6.02. The highest BCUT2D eigenvalue weighted by atomic mass is 16.2. The van der Waals surface area contributed by atoms with Gasteiger partial charge in [-0.05, 0) is 50.4 Å². The van der Waals surface area contributed by atoms with Crippen molar-refractivity contribution in [2.75, 3.05) is 26.2 Å². The highest BCUT2D eigenvalue weighted by molar-refractivity contribution is 5.89. The Hall–Kier alpha value is -0.610.